The molecule has 0 aromatic carbocycles. The zero-order valence-electron chi connectivity index (χ0n) is 12.0. The maximum absolute atomic E-state index is 4.39. The molecule has 23 heavy (non-hydrogen) atoms. The molecule has 0 N–H and O–H groups in total. The molecule has 4 heterocycles. The third-order valence-electron chi connectivity index (χ3n) is 3.27. The summed E-state index contributed by atoms with van der Waals surface area (Å²) < 4.78 is 1.67. The van der Waals surface area contributed by atoms with Gasteiger partial charge in [0.15, 0.2) is 5.82 Å². The van der Waals surface area contributed by atoms with Crippen molar-refractivity contribution >= 4 is 0 Å². The Morgan fingerprint density at radius 2 is 1.65 bits per heavy atom. The summed E-state index contributed by atoms with van der Waals surface area (Å²) in [5, 5.41) is 8.39. The normalized spacial score (nSPS) is 10.6. The largest absolute Gasteiger partial charge is 0.262 e. The van der Waals surface area contributed by atoms with Gasteiger partial charge in [0.2, 0.25) is 0 Å². The molecule has 0 saturated heterocycles. The number of hydrogen-bond donors (Lipinski definition) is 0. The molecule has 0 aliphatic heterocycles. The highest BCUT2D eigenvalue weighted by atomic mass is 15.4. The molecule has 7 heteroatoms. The summed E-state index contributed by atoms with van der Waals surface area (Å²) in [6.07, 6.45) is 10.4. The van der Waals surface area contributed by atoms with Crippen molar-refractivity contribution in [3.8, 4) is 28.5 Å². The molecule has 0 unspecified atom stereocenters. The summed E-state index contributed by atoms with van der Waals surface area (Å²) in [4.78, 5) is 17.0. The second-order valence-corrected chi connectivity index (χ2v) is 4.73. The first-order chi connectivity index (χ1) is 11.4. The van der Waals surface area contributed by atoms with Crippen molar-refractivity contribution in [2.24, 2.45) is 0 Å². The Labute approximate surface area is 131 Å². The molecule has 4 aromatic rings. The lowest BCUT2D eigenvalue weighted by molar-refractivity contribution is 0.800. The fourth-order valence-electron chi connectivity index (χ4n) is 2.21. The average molecular weight is 301 g/mol. The minimum Gasteiger partial charge on any atom is -0.262 e. The van der Waals surface area contributed by atoms with Gasteiger partial charge in [-0.3, -0.25) is 9.97 Å². The van der Waals surface area contributed by atoms with Gasteiger partial charge in [-0.05, 0) is 30.3 Å². The van der Waals surface area contributed by atoms with Crippen LogP contribution in [0.3, 0.4) is 0 Å². The van der Waals surface area contributed by atoms with Gasteiger partial charge in [-0.25, -0.2) is 14.6 Å². The average Bonchev–Trinajstić information content (AvgIpc) is 3.13. The van der Waals surface area contributed by atoms with Crippen molar-refractivity contribution in [1.29, 1.82) is 0 Å². The number of pyridine rings is 2. The highest BCUT2D eigenvalue weighted by molar-refractivity contribution is 5.74. The molecular formula is C16H11N7. The third kappa shape index (κ3) is 2.55. The fraction of sp³-hybridized carbons (Fsp3) is 0. The Hall–Kier alpha value is -3.48. The van der Waals surface area contributed by atoms with E-state index >= 15 is 0 Å². The Bertz CT molecular complexity index is 919. The fourth-order valence-corrected chi connectivity index (χ4v) is 2.21. The Balaban J connectivity index is 1.79. The molecule has 0 atom stereocenters. The zero-order valence-corrected chi connectivity index (χ0v) is 12.0. The number of rotatable bonds is 3. The first-order valence-corrected chi connectivity index (χ1v) is 6.97. The van der Waals surface area contributed by atoms with E-state index in [0.29, 0.717) is 17.2 Å². The molecule has 0 radical (unpaired) electrons. The van der Waals surface area contributed by atoms with Crippen molar-refractivity contribution in [3.63, 3.8) is 0 Å². The topological polar surface area (TPSA) is 82.3 Å². The summed E-state index contributed by atoms with van der Waals surface area (Å²) in [5.41, 5.74) is 3.04. The van der Waals surface area contributed by atoms with Crippen LogP contribution in [-0.2, 0) is 0 Å². The van der Waals surface area contributed by atoms with E-state index in [-0.39, 0.29) is 0 Å². The lowest BCUT2D eigenvalue weighted by Gasteiger charge is -2.03. The standard InChI is InChI=1S/C16H11N7/c1-4-12(10-17-6-1)23-11-14(21-22-23)13-5-2-7-18-15(13)16-19-8-3-9-20-16/h1-11H. The molecule has 0 bridgehead atoms. The predicted octanol–water partition coefficient (Wildman–Crippen LogP) is 2.18. The molecular weight excluding hydrogens is 290 g/mol. The first-order valence-electron chi connectivity index (χ1n) is 6.97. The van der Waals surface area contributed by atoms with Gasteiger partial charge in [0.05, 0.1) is 18.1 Å². The smallest absolute Gasteiger partial charge is 0.178 e. The minimum atomic E-state index is 0.555. The number of aromatic nitrogens is 7. The van der Waals surface area contributed by atoms with E-state index in [9.17, 15) is 0 Å². The SMILES string of the molecule is c1cnc(-c2ncccc2-c2cn(-c3cccnc3)nn2)nc1. The van der Waals surface area contributed by atoms with Crippen LogP contribution in [0, 0.1) is 0 Å². The van der Waals surface area contributed by atoms with Gasteiger partial charge in [-0.15, -0.1) is 5.10 Å². The Morgan fingerprint density at radius 1 is 0.826 bits per heavy atom. The van der Waals surface area contributed by atoms with E-state index in [1.54, 1.807) is 41.7 Å². The van der Waals surface area contributed by atoms with Crippen LogP contribution in [0.4, 0.5) is 0 Å². The molecule has 0 saturated carbocycles. The Morgan fingerprint density at radius 3 is 2.48 bits per heavy atom. The van der Waals surface area contributed by atoms with Crippen molar-refractivity contribution < 1.29 is 0 Å². The predicted molar refractivity (Wildman–Crippen MR) is 83.4 cm³/mol. The number of nitrogens with zero attached hydrogens (tertiary/aromatic N) is 7. The first kappa shape index (κ1) is 13.2. The van der Waals surface area contributed by atoms with Crippen LogP contribution in [0.15, 0.2) is 67.5 Å². The summed E-state index contributed by atoms with van der Waals surface area (Å²) >= 11 is 0. The molecule has 0 spiro atoms. The molecule has 0 aliphatic rings. The van der Waals surface area contributed by atoms with Gasteiger partial charge in [-0.2, -0.15) is 0 Å². The maximum atomic E-state index is 4.39. The quantitative estimate of drug-likeness (QED) is 0.577. The van der Waals surface area contributed by atoms with Gasteiger partial charge >= 0.3 is 0 Å². The van der Waals surface area contributed by atoms with E-state index < -0.39 is 0 Å². The van der Waals surface area contributed by atoms with Crippen LogP contribution in [-0.4, -0.2) is 34.9 Å². The van der Waals surface area contributed by atoms with Crippen LogP contribution in [0.5, 0.6) is 0 Å². The van der Waals surface area contributed by atoms with Crippen molar-refractivity contribution in [2.75, 3.05) is 0 Å². The van der Waals surface area contributed by atoms with Crippen LogP contribution in [0.2, 0.25) is 0 Å². The summed E-state index contributed by atoms with van der Waals surface area (Å²) in [6, 6.07) is 9.31. The van der Waals surface area contributed by atoms with Crippen molar-refractivity contribution in [3.05, 3.63) is 67.5 Å². The van der Waals surface area contributed by atoms with Gasteiger partial charge in [-0.1, -0.05) is 5.21 Å². The summed E-state index contributed by atoms with van der Waals surface area (Å²) in [6.45, 7) is 0. The van der Waals surface area contributed by atoms with E-state index in [1.807, 2.05) is 30.5 Å². The second kappa shape index (κ2) is 5.72. The van der Waals surface area contributed by atoms with Gasteiger partial charge in [0.1, 0.15) is 11.4 Å². The monoisotopic (exact) mass is 301 g/mol. The van der Waals surface area contributed by atoms with Crippen molar-refractivity contribution in [2.45, 2.75) is 0 Å². The second-order valence-electron chi connectivity index (χ2n) is 4.73. The van der Waals surface area contributed by atoms with Crippen LogP contribution in [0.25, 0.3) is 28.5 Å². The molecule has 0 fully saturated rings. The minimum absolute atomic E-state index is 0.555. The highest BCUT2D eigenvalue weighted by Crippen LogP contribution is 2.26. The van der Waals surface area contributed by atoms with Crippen LogP contribution in [0.1, 0.15) is 0 Å². The molecule has 0 aliphatic carbocycles. The van der Waals surface area contributed by atoms with E-state index in [1.165, 1.54) is 0 Å². The lowest BCUT2D eigenvalue weighted by Crippen LogP contribution is -1.94. The van der Waals surface area contributed by atoms with E-state index in [0.717, 1.165) is 11.3 Å². The zero-order chi connectivity index (χ0) is 15.5. The molecule has 4 aromatic heterocycles. The van der Waals surface area contributed by atoms with Gasteiger partial charge in [0.25, 0.3) is 0 Å². The molecule has 110 valence electrons. The van der Waals surface area contributed by atoms with Gasteiger partial charge < -0.3 is 0 Å². The van der Waals surface area contributed by atoms with E-state index in [2.05, 4.69) is 30.2 Å². The Kier molecular flexibility index (Phi) is 3.28. The van der Waals surface area contributed by atoms with Crippen LogP contribution >= 0.6 is 0 Å². The van der Waals surface area contributed by atoms with Gasteiger partial charge in [0, 0.05) is 30.4 Å². The summed E-state index contributed by atoms with van der Waals surface area (Å²) in [7, 11) is 0. The summed E-state index contributed by atoms with van der Waals surface area (Å²) in [5.74, 6) is 0.555. The lowest BCUT2D eigenvalue weighted by atomic mass is 10.1. The van der Waals surface area contributed by atoms with Crippen LogP contribution < -0.4 is 0 Å². The highest BCUT2D eigenvalue weighted by Gasteiger charge is 2.14. The number of hydrogen-bond acceptors (Lipinski definition) is 6. The van der Waals surface area contributed by atoms with E-state index in [4.69, 9.17) is 0 Å². The molecule has 0 amide bonds. The molecule has 4 rings (SSSR count). The maximum Gasteiger partial charge on any atom is 0.178 e. The molecule has 7 nitrogen and oxygen atoms in total. The third-order valence-corrected chi connectivity index (χ3v) is 3.27. The van der Waals surface area contributed by atoms with Crippen molar-refractivity contribution in [1.82, 2.24) is 34.9 Å².